The van der Waals surface area contributed by atoms with E-state index < -0.39 is 38.1 Å². The summed E-state index contributed by atoms with van der Waals surface area (Å²) in [6, 6.07) is 27.7. The number of benzene rings is 3. The third-order valence-corrected chi connectivity index (χ3v) is 12.7. The SMILES string of the molecule is CC#Cc1nc2c(=O)[nH]c(NC(=O)C(C)C)nc2n1[C@H]1C[C@H](OP(OCCC#N)N(C(C)C)C(C)C)[C@@H](COC(c2ccccc2)(c2ccc(OC)cc2)c2ccc(OC)cc2)O1. The maximum atomic E-state index is 13.5. The molecular formula is C47H56N7O8P. The minimum absolute atomic E-state index is 0.00394. The topological polar surface area (TPSA) is 175 Å². The molecular weight excluding hydrogens is 822 g/mol. The normalized spacial score (nSPS) is 16.9. The first-order valence-electron chi connectivity index (χ1n) is 21.0. The van der Waals surface area contributed by atoms with Crippen molar-refractivity contribution >= 4 is 31.5 Å². The van der Waals surface area contributed by atoms with Crippen molar-refractivity contribution in [3.8, 4) is 29.4 Å². The molecule has 6 rings (SSSR count). The van der Waals surface area contributed by atoms with Gasteiger partial charge in [-0.25, -0.2) is 9.65 Å². The number of methoxy groups -OCH3 is 2. The second-order valence-corrected chi connectivity index (χ2v) is 17.2. The van der Waals surface area contributed by atoms with Crippen molar-refractivity contribution < 1.29 is 32.8 Å². The number of amides is 1. The Labute approximate surface area is 370 Å². The minimum atomic E-state index is -1.74. The number of hydrogen-bond acceptors (Lipinski definition) is 12. The predicted octanol–water partition coefficient (Wildman–Crippen LogP) is 8.06. The van der Waals surface area contributed by atoms with Crippen LogP contribution in [-0.2, 0) is 28.9 Å². The average molecular weight is 878 g/mol. The number of nitrogens with zero attached hydrogens (tertiary/aromatic N) is 5. The van der Waals surface area contributed by atoms with E-state index in [2.05, 4.69) is 70.5 Å². The number of carbonyl (C=O) groups excluding carboxylic acids is 1. The molecule has 1 saturated heterocycles. The van der Waals surface area contributed by atoms with E-state index in [0.29, 0.717) is 11.5 Å². The van der Waals surface area contributed by atoms with Crippen LogP contribution in [0.2, 0.25) is 0 Å². The summed E-state index contributed by atoms with van der Waals surface area (Å²) in [7, 11) is 1.51. The quantitative estimate of drug-likeness (QED) is 0.0354. The van der Waals surface area contributed by atoms with Crippen LogP contribution in [0.4, 0.5) is 5.95 Å². The maximum absolute atomic E-state index is 13.5. The molecule has 0 aliphatic carbocycles. The van der Waals surface area contributed by atoms with E-state index in [0.717, 1.165) is 16.7 Å². The summed E-state index contributed by atoms with van der Waals surface area (Å²) in [6.07, 6.45) is -1.80. The molecule has 16 heteroatoms. The van der Waals surface area contributed by atoms with Crippen LogP contribution in [0.25, 0.3) is 11.2 Å². The van der Waals surface area contributed by atoms with Crippen LogP contribution in [0.1, 0.15) is 90.1 Å². The van der Waals surface area contributed by atoms with Crippen LogP contribution in [0, 0.1) is 29.1 Å². The lowest BCUT2D eigenvalue weighted by Crippen LogP contribution is -2.39. The highest BCUT2D eigenvalue weighted by Crippen LogP contribution is 2.51. The van der Waals surface area contributed by atoms with E-state index in [1.807, 2.05) is 78.9 Å². The number of hydrogen-bond donors (Lipinski definition) is 2. The molecule has 1 unspecified atom stereocenters. The fourth-order valence-electron chi connectivity index (χ4n) is 7.59. The summed E-state index contributed by atoms with van der Waals surface area (Å²) >= 11 is 0. The largest absolute Gasteiger partial charge is 0.497 e. The van der Waals surface area contributed by atoms with E-state index in [1.54, 1.807) is 39.6 Å². The smallest absolute Gasteiger partial charge is 0.280 e. The van der Waals surface area contributed by atoms with Crippen molar-refractivity contribution in [2.75, 3.05) is 32.8 Å². The molecule has 1 amide bonds. The van der Waals surface area contributed by atoms with E-state index in [4.69, 9.17) is 28.0 Å². The van der Waals surface area contributed by atoms with Gasteiger partial charge in [-0.2, -0.15) is 10.2 Å². The van der Waals surface area contributed by atoms with Crippen molar-refractivity contribution in [3.63, 3.8) is 0 Å². The highest BCUT2D eigenvalue weighted by Gasteiger charge is 2.46. The predicted molar refractivity (Wildman–Crippen MR) is 241 cm³/mol. The number of anilines is 1. The number of rotatable bonds is 19. The Morgan fingerprint density at radius 2 is 1.56 bits per heavy atom. The number of imidazole rings is 1. The summed E-state index contributed by atoms with van der Waals surface area (Å²) < 4.78 is 42.8. The van der Waals surface area contributed by atoms with Crippen LogP contribution in [0.5, 0.6) is 11.5 Å². The fraction of sp³-hybridized carbons (Fsp3) is 0.426. The van der Waals surface area contributed by atoms with Crippen LogP contribution < -0.4 is 20.3 Å². The lowest BCUT2D eigenvalue weighted by atomic mass is 9.80. The molecule has 0 spiro atoms. The van der Waals surface area contributed by atoms with Gasteiger partial charge in [0.05, 0.1) is 46.0 Å². The van der Waals surface area contributed by atoms with Gasteiger partial charge in [-0.05, 0) is 81.5 Å². The van der Waals surface area contributed by atoms with Gasteiger partial charge in [0.25, 0.3) is 14.1 Å². The maximum Gasteiger partial charge on any atom is 0.280 e. The van der Waals surface area contributed by atoms with Crippen molar-refractivity contribution in [2.45, 2.75) is 97.4 Å². The molecule has 1 fully saturated rings. The second kappa shape index (κ2) is 21.2. The van der Waals surface area contributed by atoms with E-state index >= 15 is 0 Å². The highest BCUT2D eigenvalue weighted by atomic mass is 31.2. The van der Waals surface area contributed by atoms with Gasteiger partial charge in [0.1, 0.15) is 29.4 Å². The molecule has 15 nitrogen and oxygen atoms in total. The molecule has 0 radical (unpaired) electrons. The van der Waals surface area contributed by atoms with Crippen LogP contribution in [0.15, 0.2) is 83.7 Å². The Morgan fingerprint density at radius 3 is 2.10 bits per heavy atom. The fourth-order valence-corrected chi connectivity index (χ4v) is 9.35. The number of fused-ring (bicyclic) bond motifs is 1. The molecule has 1 aliphatic rings. The number of H-pyrrole nitrogens is 1. The summed E-state index contributed by atoms with van der Waals surface area (Å²) in [5.41, 5.74) is 1.01. The van der Waals surface area contributed by atoms with Crippen molar-refractivity contribution in [2.24, 2.45) is 5.92 Å². The van der Waals surface area contributed by atoms with Gasteiger partial charge >= 0.3 is 0 Å². The van der Waals surface area contributed by atoms with Gasteiger partial charge < -0.3 is 28.0 Å². The Bertz CT molecular complexity index is 2420. The third kappa shape index (κ3) is 10.4. The molecule has 3 heterocycles. The number of carbonyl (C=O) groups is 1. The Hall–Kier alpha value is -5.64. The number of aromatic nitrogens is 4. The minimum Gasteiger partial charge on any atom is -0.497 e. The molecule has 3 aromatic carbocycles. The lowest BCUT2D eigenvalue weighted by Gasteiger charge is -2.39. The molecule has 0 bridgehead atoms. The monoisotopic (exact) mass is 877 g/mol. The Kier molecular flexibility index (Phi) is 15.7. The van der Waals surface area contributed by atoms with E-state index in [-0.39, 0.29) is 72.9 Å². The van der Waals surface area contributed by atoms with Crippen LogP contribution >= 0.6 is 8.53 Å². The van der Waals surface area contributed by atoms with Crippen molar-refractivity contribution in [1.29, 1.82) is 5.26 Å². The molecule has 2 aromatic heterocycles. The molecule has 5 aromatic rings. The molecule has 4 atom stereocenters. The van der Waals surface area contributed by atoms with Gasteiger partial charge in [-0.15, -0.1) is 0 Å². The molecule has 2 N–H and O–H groups in total. The van der Waals surface area contributed by atoms with Gasteiger partial charge in [0, 0.05) is 24.4 Å². The lowest BCUT2D eigenvalue weighted by molar-refractivity contribution is -0.118. The summed E-state index contributed by atoms with van der Waals surface area (Å²) in [5, 5.41) is 12.2. The molecule has 332 valence electrons. The molecule has 63 heavy (non-hydrogen) atoms. The van der Waals surface area contributed by atoms with Crippen molar-refractivity contribution in [1.82, 2.24) is 24.2 Å². The Morgan fingerprint density at radius 1 is 0.952 bits per heavy atom. The van der Waals surface area contributed by atoms with E-state index in [9.17, 15) is 14.9 Å². The zero-order chi connectivity index (χ0) is 45.3. The highest BCUT2D eigenvalue weighted by molar-refractivity contribution is 7.44. The molecule has 1 aliphatic heterocycles. The zero-order valence-electron chi connectivity index (χ0n) is 37.2. The van der Waals surface area contributed by atoms with Gasteiger partial charge in [0.15, 0.2) is 17.0 Å². The van der Waals surface area contributed by atoms with Gasteiger partial charge in [-0.1, -0.05) is 74.4 Å². The van der Waals surface area contributed by atoms with Gasteiger partial charge in [-0.3, -0.25) is 24.5 Å². The summed E-state index contributed by atoms with van der Waals surface area (Å²) in [6.45, 7) is 13.6. The van der Waals surface area contributed by atoms with Gasteiger partial charge in [0.2, 0.25) is 11.9 Å². The number of nitriles is 1. The van der Waals surface area contributed by atoms with E-state index in [1.165, 1.54) is 0 Å². The first kappa shape index (κ1) is 46.9. The number of ether oxygens (including phenoxy) is 4. The zero-order valence-corrected chi connectivity index (χ0v) is 38.1. The number of nitrogens with one attached hydrogen (secondary N) is 2. The second-order valence-electron chi connectivity index (χ2n) is 15.8. The third-order valence-electron chi connectivity index (χ3n) is 10.5. The standard InChI is InChI=1S/C47H56N7O8P/c1-10-15-40-49-42-43(50-46(52-45(42)56)51-44(55)30(2)3)53(40)41-28-38(62-63(60-27-14-26-48)54(31(4)5)32(6)7)39(61-41)29-59-47(33-16-12-11-13-17-33,34-18-22-36(57-8)23-19-34)35-20-24-37(58-9)25-21-35/h11-13,16-25,30-32,38-39,41H,14,27-29H2,1-9H3,(H2,50,51,52,55,56)/t38-,39+,41+,63?/m0/s1. The van der Waals surface area contributed by atoms with Crippen LogP contribution in [0.3, 0.4) is 0 Å². The first-order chi connectivity index (χ1) is 30.3. The summed E-state index contributed by atoms with van der Waals surface area (Å²) in [4.78, 5) is 38.2. The molecule has 0 saturated carbocycles. The first-order valence-corrected chi connectivity index (χ1v) is 22.1. The van der Waals surface area contributed by atoms with Crippen molar-refractivity contribution in [3.05, 3.63) is 112 Å². The number of aromatic amines is 1. The Balaban J connectivity index is 1.50. The summed E-state index contributed by atoms with van der Waals surface area (Å²) in [5.74, 6) is 6.85. The van der Waals surface area contributed by atoms with Crippen LogP contribution in [-0.4, -0.2) is 81.8 Å². The average Bonchev–Trinajstić information content (AvgIpc) is 3.84.